The molecule has 2 rings (SSSR count). The number of benzene rings is 1. The SMILES string of the molecule is CC(C)CC(CN)CC(=O)NC1CCc2ccccc2C1. The normalized spacial score (nSPS) is 19.1. The van der Waals surface area contributed by atoms with Crippen LogP contribution in [0, 0.1) is 11.8 Å². The molecule has 21 heavy (non-hydrogen) atoms. The highest BCUT2D eigenvalue weighted by Gasteiger charge is 2.21. The first-order valence-electron chi connectivity index (χ1n) is 8.14. The molecule has 3 nitrogen and oxygen atoms in total. The molecule has 0 spiro atoms. The molecule has 1 aliphatic rings. The summed E-state index contributed by atoms with van der Waals surface area (Å²) in [6, 6.07) is 8.83. The third-order valence-electron chi connectivity index (χ3n) is 4.32. The Morgan fingerprint density at radius 1 is 1.33 bits per heavy atom. The number of nitrogens with two attached hydrogens (primary N) is 1. The number of hydrogen-bond donors (Lipinski definition) is 2. The van der Waals surface area contributed by atoms with Gasteiger partial charge in [-0.1, -0.05) is 38.1 Å². The molecule has 0 fully saturated rings. The first kappa shape index (κ1) is 16.0. The van der Waals surface area contributed by atoms with Crippen molar-refractivity contribution in [1.82, 2.24) is 5.32 Å². The van der Waals surface area contributed by atoms with Crippen molar-refractivity contribution in [1.29, 1.82) is 0 Å². The van der Waals surface area contributed by atoms with Gasteiger partial charge < -0.3 is 11.1 Å². The summed E-state index contributed by atoms with van der Waals surface area (Å²) in [4.78, 5) is 12.2. The van der Waals surface area contributed by atoms with E-state index < -0.39 is 0 Å². The van der Waals surface area contributed by atoms with Gasteiger partial charge in [-0.2, -0.15) is 0 Å². The number of amides is 1. The summed E-state index contributed by atoms with van der Waals surface area (Å²) in [5.74, 6) is 1.06. The van der Waals surface area contributed by atoms with E-state index in [0.29, 0.717) is 24.8 Å². The Labute approximate surface area is 128 Å². The minimum absolute atomic E-state index is 0.162. The Kier molecular flexibility index (Phi) is 5.80. The van der Waals surface area contributed by atoms with E-state index in [4.69, 9.17) is 5.73 Å². The lowest BCUT2D eigenvalue weighted by Crippen LogP contribution is -2.40. The van der Waals surface area contributed by atoms with E-state index in [2.05, 4.69) is 43.4 Å². The first-order valence-corrected chi connectivity index (χ1v) is 8.14. The van der Waals surface area contributed by atoms with Gasteiger partial charge in [0.2, 0.25) is 5.91 Å². The second-order valence-corrected chi connectivity index (χ2v) is 6.71. The number of nitrogens with one attached hydrogen (secondary N) is 1. The van der Waals surface area contributed by atoms with Crippen molar-refractivity contribution in [2.45, 2.75) is 52.0 Å². The number of hydrogen-bond acceptors (Lipinski definition) is 2. The van der Waals surface area contributed by atoms with Gasteiger partial charge in [-0.05, 0) is 55.2 Å². The molecule has 1 amide bonds. The van der Waals surface area contributed by atoms with E-state index in [0.717, 1.165) is 25.7 Å². The average molecular weight is 288 g/mol. The molecule has 0 heterocycles. The lowest BCUT2D eigenvalue weighted by atomic mass is 9.88. The molecular formula is C18H28N2O. The molecule has 116 valence electrons. The molecule has 0 bridgehead atoms. The minimum Gasteiger partial charge on any atom is -0.353 e. The van der Waals surface area contributed by atoms with Crippen LogP contribution >= 0.6 is 0 Å². The summed E-state index contributed by atoms with van der Waals surface area (Å²) in [5.41, 5.74) is 8.60. The van der Waals surface area contributed by atoms with Gasteiger partial charge in [0.15, 0.2) is 0 Å². The van der Waals surface area contributed by atoms with Crippen molar-refractivity contribution < 1.29 is 4.79 Å². The van der Waals surface area contributed by atoms with Crippen LogP contribution in [0.2, 0.25) is 0 Å². The first-order chi connectivity index (χ1) is 10.1. The topological polar surface area (TPSA) is 55.1 Å². The third kappa shape index (κ3) is 4.85. The van der Waals surface area contributed by atoms with Gasteiger partial charge in [0.1, 0.15) is 0 Å². The molecule has 0 radical (unpaired) electrons. The summed E-state index contributed by atoms with van der Waals surface area (Å²) in [5, 5.41) is 3.20. The van der Waals surface area contributed by atoms with E-state index in [9.17, 15) is 4.79 Å². The summed E-state index contributed by atoms with van der Waals surface area (Å²) in [6.45, 7) is 4.95. The van der Waals surface area contributed by atoms with E-state index >= 15 is 0 Å². The second kappa shape index (κ2) is 7.60. The number of aryl methyl sites for hydroxylation is 1. The van der Waals surface area contributed by atoms with Crippen LogP contribution in [-0.2, 0) is 17.6 Å². The predicted molar refractivity (Wildman–Crippen MR) is 87.0 cm³/mol. The van der Waals surface area contributed by atoms with Crippen LogP contribution in [0.15, 0.2) is 24.3 Å². The molecule has 1 aliphatic carbocycles. The third-order valence-corrected chi connectivity index (χ3v) is 4.32. The molecule has 0 saturated carbocycles. The van der Waals surface area contributed by atoms with Crippen LogP contribution in [0.3, 0.4) is 0 Å². The number of carbonyl (C=O) groups is 1. The van der Waals surface area contributed by atoms with Gasteiger partial charge in [0, 0.05) is 12.5 Å². The lowest BCUT2D eigenvalue weighted by Gasteiger charge is -2.26. The van der Waals surface area contributed by atoms with E-state index in [1.54, 1.807) is 0 Å². The molecular weight excluding hydrogens is 260 g/mol. The van der Waals surface area contributed by atoms with Crippen molar-refractivity contribution >= 4 is 5.91 Å². The Morgan fingerprint density at radius 3 is 2.71 bits per heavy atom. The number of carbonyl (C=O) groups excluding carboxylic acids is 1. The Morgan fingerprint density at radius 2 is 2.05 bits per heavy atom. The van der Waals surface area contributed by atoms with Crippen molar-refractivity contribution in [2.75, 3.05) is 6.54 Å². The second-order valence-electron chi connectivity index (χ2n) is 6.71. The average Bonchev–Trinajstić information content (AvgIpc) is 2.45. The highest BCUT2D eigenvalue weighted by atomic mass is 16.1. The molecule has 2 atom stereocenters. The smallest absolute Gasteiger partial charge is 0.220 e. The lowest BCUT2D eigenvalue weighted by molar-refractivity contribution is -0.122. The highest BCUT2D eigenvalue weighted by molar-refractivity contribution is 5.76. The Hall–Kier alpha value is -1.35. The van der Waals surface area contributed by atoms with Gasteiger partial charge in [-0.25, -0.2) is 0 Å². The molecule has 0 aromatic heterocycles. The maximum Gasteiger partial charge on any atom is 0.220 e. The Bertz CT molecular complexity index is 470. The molecule has 1 aromatic carbocycles. The zero-order valence-corrected chi connectivity index (χ0v) is 13.3. The van der Waals surface area contributed by atoms with Crippen LogP contribution < -0.4 is 11.1 Å². The van der Waals surface area contributed by atoms with Crippen molar-refractivity contribution in [2.24, 2.45) is 17.6 Å². The van der Waals surface area contributed by atoms with Gasteiger partial charge >= 0.3 is 0 Å². The fourth-order valence-corrected chi connectivity index (χ4v) is 3.30. The summed E-state index contributed by atoms with van der Waals surface area (Å²) in [7, 11) is 0. The number of fused-ring (bicyclic) bond motifs is 1. The van der Waals surface area contributed by atoms with Crippen LogP contribution in [-0.4, -0.2) is 18.5 Å². The van der Waals surface area contributed by atoms with E-state index in [1.165, 1.54) is 11.1 Å². The van der Waals surface area contributed by atoms with Gasteiger partial charge in [-0.15, -0.1) is 0 Å². The zero-order chi connectivity index (χ0) is 15.2. The van der Waals surface area contributed by atoms with Crippen molar-refractivity contribution in [3.8, 4) is 0 Å². The van der Waals surface area contributed by atoms with Crippen molar-refractivity contribution in [3.63, 3.8) is 0 Å². The van der Waals surface area contributed by atoms with Gasteiger partial charge in [-0.3, -0.25) is 4.79 Å². The summed E-state index contributed by atoms with van der Waals surface area (Å²) in [6.07, 6.45) is 4.65. The fraction of sp³-hybridized carbons (Fsp3) is 0.611. The summed E-state index contributed by atoms with van der Waals surface area (Å²) < 4.78 is 0. The fourth-order valence-electron chi connectivity index (χ4n) is 3.30. The molecule has 0 aliphatic heterocycles. The minimum atomic E-state index is 0.162. The van der Waals surface area contributed by atoms with E-state index in [1.807, 2.05) is 0 Å². The zero-order valence-electron chi connectivity index (χ0n) is 13.3. The maximum absolute atomic E-state index is 12.2. The molecule has 3 heteroatoms. The quantitative estimate of drug-likeness (QED) is 0.845. The Balaban J connectivity index is 1.84. The van der Waals surface area contributed by atoms with E-state index in [-0.39, 0.29) is 11.9 Å². The largest absolute Gasteiger partial charge is 0.353 e. The highest BCUT2D eigenvalue weighted by Crippen LogP contribution is 2.21. The van der Waals surface area contributed by atoms with Crippen molar-refractivity contribution in [3.05, 3.63) is 35.4 Å². The molecule has 0 saturated heterocycles. The maximum atomic E-state index is 12.2. The summed E-state index contributed by atoms with van der Waals surface area (Å²) >= 11 is 0. The van der Waals surface area contributed by atoms with Gasteiger partial charge in [0.05, 0.1) is 0 Å². The number of rotatable bonds is 6. The van der Waals surface area contributed by atoms with Crippen LogP contribution in [0.1, 0.15) is 44.2 Å². The molecule has 3 N–H and O–H groups in total. The predicted octanol–water partition coefficient (Wildman–Crippen LogP) is 2.67. The van der Waals surface area contributed by atoms with Crippen LogP contribution in [0.5, 0.6) is 0 Å². The standard InChI is InChI=1S/C18H28N2O/c1-13(2)9-14(12-19)10-18(21)20-17-8-7-15-5-3-4-6-16(15)11-17/h3-6,13-14,17H,7-12,19H2,1-2H3,(H,20,21). The molecule has 2 unspecified atom stereocenters. The van der Waals surface area contributed by atoms with Crippen LogP contribution in [0.4, 0.5) is 0 Å². The van der Waals surface area contributed by atoms with Gasteiger partial charge in [0.25, 0.3) is 0 Å². The van der Waals surface area contributed by atoms with Crippen LogP contribution in [0.25, 0.3) is 0 Å². The molecule has 1 aromatic rings. The monoisotopic (exact) mass is 288 g/mol.